The number of amides is 1. The molecule has 1 fully saturated rings. The molecule has 27 heavy (non-hydrogen) atoms. The minimum absolute atomic E-state index is 0.0950. The van der Waals surface area contributed by atoms with Crippen LogP contribution in [0, 0.1) is 5.92 Å². The van der Waals surface area contributed by atoms with Crippen LogP contribution in [-0.2, 0) is 14.3 Å². The Hall–Kier alpha value is -2.61. The van der Waals surface area contributed by atoms with E-state index in [0.717, 1.165) is 0 Å². The zero-order valence-corrected chi connectivity index (χ0v) is 15.6. The third-order valence-electron chi connectivity index (χ3n) is 4.74. The number of rotatable bonds is 6. The average Bonchev–Trinajstić information content (AvgIpc) is 3.09. The predicted octanol–water partition coefficient (Wildman–Crippen LogP) is 1.83. The molecule has 0 spiro atoms. The van der Waals surface area contributed by atoms with Gasteiger partial charge in [-0.25, -0.2) is 0 Å². The van der Waals surface area contributed by atoms with Gasteiger partial charge in [0.05, 0.1) is 24.8 Å². The van der Waals surface area contributed by atoms with E-state index in [0.29, 0.717) is 55.3 Å². The molecule has 0 aromatic heterocycles. The van der Waals surface area contributed by atoms with Crippen molar-refractivity contribution in [3.8, 4) is 11.5 Å². The van der Waals surface area contributed by atoms with Gasteiger partial charge >= 0.3 is 5.97 Å². The molecule has 0 radical (unpaired) electrons. The Kier molecular flexibility index (Phi) is 5.95. The van der Waals surface area contributed by atoms with Crippen LogP contribution >= 0.6 is 0 Å². The van der Waals surface area contributed by atoms with E-state index in [-0.39, 0.29) is 36.9 Å². The number of ketones is 1. The first-order valence-corrected chi connectivity index (χ1v) is 9.11. The van der Waals surface area contributed by atoms with E-state index in [4.69, 9.17) is 14.2 Å². The number of ether oxygens (including phenoxy) is 3. The number of piperidine rings is 1. The highest BCUT2D eigenvalue weighted by molar-refractivity contribution is 6.05. The van der Waals surface area contributed by atoms with Crippen LogP contribution < -0.4 is 14.8 Å². The van der Waals surface area contributed by atoms with Crippen LogP contribution in [0.4, 0.5) is 5.69 Å². The molecule has 0 bridgehead atoms. The number of hydrogen-bond acceptors (Lipinski definition) is 7. The fourth-order valence-electron chi connectivity index (χ4n) is 3.32. The second kappa shape index (κ2) is 8.39. The Morgan fingerprint density at radius 3 is 2.48 bits per heavy atom. The molecule has 1 N–H and O–H groups in total. The zero-order chi connectivity index (χ0) is 19.4. The summed E-state index contributed by atoms with van der Waals surface area (Å²) in [7, 11) is 0. The van der Waals surface area contributed by atoms with E-state index >= 15 is 0 Å². The Bertz CT molecular complexity index is 740. The van der Waals surface area contributed by atoms with Gasteiger partial charge < -0.3 is 19.5 Å². The lowest BCUT2D eigenvalue weighted by Crippen LogP contribution is -2.41. The van der Waals surface area contributed by atoms with Crippen molar-refractivity contribution < 1.29 is 28.6 Å². The van der Waals surface area contributed by atoms with Crippen molar-refractivity contribution in [2.75, 3.05) is 38.4 Å². The highest BCUT2D eigenvalue weighted by atomic mass is 16.7. The number of esters is 1. The Morgan fingerprint density at radius 1 is 1.19 bits per heavy atom. The lowest BCUT2D eigenvalue weighted by atomic mass is 9.97. The molecule has 3 rings (SSSR count). The monoisotopic (exact) mass is 376 g/mol. The van der Waals surface area contributed by atoms with E-state index in [1.807, 2.05) is 4.90 Å². The van der Waals surface area contributed by atoms with Crippen molar-refractivity contribution in [3.63, 3.8) is 0 Å². The van der Waals surface area contributed by atoms with Crippen LogP contribution in [0.3, 0.4) is 0 Å². The smallest absolute Gasteiger partial charge is 0.309 e. The van der Waals surface area contributed by atoms with E-state index in [1.165, 1.54) is 6.92 Å². The number of hydrogen-bond donors (Lipinski definition) is 1. The minimum atomic E-state index is -0.217. The summed E-state index contributed by atoms with van der Waals surface area (Å²) in [5.41, 5.74) is 0.798. The van der Waals surface area contributed by atoms with E-state index in [1.54, 1.807) is 19.1 Å². The van der Waals surface area contributed by atoms with Crippen LogP contribution in [-0.4, -0.2) is 55.6 Å². The first-order chi connectivity index (χ1) is 13.0. The molecule has 2 aliphatic heterocycles. The van der Waals surface area contributed by atoms with Gasteiger partial charge in [-0.2, -0.15) is 0 Å². The molecule has 2 aliphatic rings. The van der Waals surface area contributed by atoms with Gasteiger partial charge in [0.25, 0.3) is 0 Å². The fourth-order valence-corrected chi connectivity index (χ4v) is 3.32. The molecule has 0 aliphatic carbocycles. The number of benzene rings is 1. The van der Waals surface area contributed by atoms with E-state index in [9.17, 15) is 14.4 Å². The van der Waals surface area contributed by atoms with Gasteiger partial charge in [0.1, 0.15) is 0 Å². The predicted molar refractivity (Wildman–Crippen MR) is 97.0 cm³/mol. The second-order valence-corrected chi connectivity index (χ2v) is 6.66. The van der Waals surface area contributed by atoms with Crippen LogP contribution in [0.25, 0.3) is 0 Å². The molecule has 8 heteroatoms. The molecule has 8 nitrogen and oxygen atoms in total. The van der Waals surface area contributed by atoms with Crippen LogP contribution in [0.2, 0.25) is 0 Å². The van der Waals surface area contributed by atoms with E-state index in [2.05, 4.69) is 5.32 Å². The molecular weight excluding hydrogens is 352 g/mol. The zero-order valence-electron chi connectivity index (χ0n) is 15.6. The van der Waals surface area contributed by atoms with Crippen molar-refractivity contribution in [2.45, 2.75) is 26.7 Å². The lowest BCUT2D eigenvalue weighted by molar-refractivity contribution is -0.149. The quantitative estimate of drug-likeness (QED) is 0.598. The maximum atomic E-state index is 12.4. The average molecular weight is 376 g/mol. The van der Waals surface area contributed by atoms with Crippen molar-refractivity contribution in [3.05, 3.63) is 17.7 Å². The summed E-state index contributed by atoms with van der Waals surface area (Å²) >= 11 is 0. The molecule has 0 saturated carbocycles. The van der Waals surface area contributed by atoms with Gasteiger partial charge in [-0.15, -0.1) is 0 Å². The maximum absolute atomic E-state index is 12.4. The van der Waals surface area contributed by atoms with Gasteiger partial charge in [-0.1, -0.05) is 0 Å². The summed E-state index contributed by atoms with van der Waals surface area (Å²) in [6, 6.07) is 3.20. The summed E-state index contributed by atoms with van der Waals surface area (Å²) < 4.78 is 15.7. The Balaban J connectivity index is 1.57. The molecule has 1 aromatic rings. The summed E-state index contributed by atoms with van der Waals surface area (Å²) in [5.74, 6) is 0.366. The van der Waals surface area contributed by atoms with Gasteiger partial charge in [-0.05, 0) is 45.8 Å². The van der Waals surface area contributed by atoms with Crippen LogP contribution in [0.15, 0.2) is 12.1 Å². The third kappa shape index (κ3) is 4.57. The topological polar surface area (TPSA) is 94.2 Å². The van der Waals surface area contributed by atoms with E-state index < -0.39 is 0 Å². The molecule has 0 atom stereocenters. The first-order valence-electron chi connectivity index (χ1n) is 9.11. The molecule has 1 aromatic carbocycles. The number of fused-ring (bicyclic) bond motifs is 1. The van der Waals surface area contributed by atoms with Gasteiger partial charge in [0, 0.05) is 11.6 Å². The molecule has 146 valence electrons. The summed E-state index contributed by atoms with van der Waals surface area (Å²) in [6.45, 7) is 5.21. The third-order valence-corrected chi connectivity index (χ3v) is 4.74. The van der Waals surface area contributed by atoms with Crippen molar-refractivity contribution in [1.29, 1.82) is 0 Å². The highest BCUT2D eigenvalue weighted by Crippen LogP contribution is 2.37. The number of Topliss-reactive ketones (excluding diaryl/α,β-unsaturated/α-hetero) is 1. The number of carbonyl (C=O) groups excluding carboxylic acids is 3. The normalized spacial score (nSPS) is 16.8. The van der Waals surface area contributed by atoms with Gasteiger partial charge in [0.15, 0.2) is 17.3 Å². The van der Waals surface area contributed by atoms with Crippen molar-refractivity contribution >= 4 is 23.3 Å². The SMILES string of the molecule is CCOC(=O)C1CCN(CC(=O)Nc2cc3c(cc2C(C)=O)OCO3)CC1. The first kappa shape index (κ1) is 19.2. The number of anilines is 1. The molecular formula is C19H24N2O6. The summed E-state index contributed by atoms with van der Waals surface area (Å²) in [6.07, 6.45) is 1.35. The number of nitrogens with one attached hydrogen (secondary N) is 1. The van der Waals surface area contributed by atoms with Crippen molar-refractivity contribution in [2.24, 2.45) is 5.92 Å². The standard InChI is InChI=1S/C19H24N2O6/c1-3-25-19(24)13-4-6-21(7-5-13)10-18(23)20-15-9-17-16(26-11-27-17)8-14(15)12(2)22/h8-9,13H,3-7,10-11H2,1-2H3,(H,20,23). The highest BCUT2D eigenvalue weighted by Gasteiger charge is 2.27. The molecule has 1 saturated heterocycles. The van der Waals surface area contributed by atoms with Crippen LogP contribution in [0.1, 0.15) is 37.0 Å². The van der Waals surface area contributed by atoms with Crippen LogP contribution in [0.5, 0.6) is 11.5 Å². The number of carbonyl (C=O) groups is 3. The molecule has 0 unspecified atom stereocenters. The summed E-state index contributed by atoms with van der Waals surface area (Å²) in [4.78, 5) is 38.1. The van der Waals surface area contributed by atoms with Crippen molar-refractivity contribution in [1.82, 2.24) is 4.90 Å². The Labute approximate surface area is 157 Å². The maximum Gasteiger partial charge on any atom is 0.309 e. The minimum Gasteiger partial charge on any atom is -0.466 e. The summed E-state index contributed by atoms with van der Waals surface area (Å²) in [5, 5.41) is 2.79. The second-order valence-electron chi connectivity index (χ2n) is 6.66. The number of likely N-dealkylation sites (tertiary alicyclic amines) is 1. The number of nitrogens with zero attached hydrogens (tertiary/aromatic N) is 1. The Morgan fingerprint density at radius 2 is 1.85 bits per heavy atom. The van der Waals surface area contributed by atoms with Gasteiger partial charge in [-0.3, -0.25) is 19.3 Å². The lowest BCUT2D eigenvalue weighted by Gasteiger charge is -2.30. The molecule has 1 amide bonds. The largest absolute Gasteiger partial charge is 0.466 e. The fraction of sp³-hybridized carbons (Fsp3) is 0.526. The van der Waals surface area contributed by atoms with Gasteiger partial charge in [0.2, 0.25) is 12.7 Å². The molecule has 2 heterocycles.